The van der Waals surface area contributed by atoms with Gasteiger partial charge in [-0.25, -0.2) is 4.39 Å². The zero-order valence-electron chi connectivity index (χ0n) is 16.4. The van der Waals surface area contributed by atoms with E-state index in [2.05, 4.69) is 10.6 Å². The van der Waals surface area contributed by atoms with Crippen LogP contribution in [0.15, 0.2) is 36.4 Å². The SMILES string of the molecule is N#C[C@H](Cc1ccc(-c2ccc3c(c2)CC3=O)cc1F)NC(=O)[C@@H]1CNCCCO1. The summed E-state index contributed by atoms with van der Waals surface area (Å²) in [4.78, 5) is 23.8. The van der Waals surface area contributed by atoms with Crippen LogP contribution in [0.5, 0.6) is 0 Å². The Kier molecular flexibility index (Phi) is 5.88. The number of hydrogen-bond acceptors (Lipinski definition) is 5. The number of benzene rings is 2. The molecule has 7 heteroatoms. The molecule has 0 aromatic heterocycles. The van der Waals surface area contributed by atoms with Gasteiger partial charge in [0.15, 0.2) is 5.78 Å². The Labute approximate surface area is 174 Å². The van der Waals surface area contributed by atoms with Crippen molar-refractivity contribution in [2.24, 2.45) is 0 Å². The molecule has 6 nitrogen and oxygen atoms in total. The van der Waals surface area contributed by atoms with Gasteiger partial charge < -0.3 is 15.4 Å². The summed E-state index contributed by atoms with van der Waals surface area (Å²) < 4.78 is 20.2. The average Bonchev–Trinajstić information content (AvgIpc) is 3.03. The first-order valence-electron chi connectivity index (χ1n) is 10.0. The van der Waals surface area contributed by atoms with E-state index in [1.807, 2.05) is 18.2 Å². The van der Waals surface area contributed by atoms with E-state index >= 15 is 0 Å². The first kappa shape index (κ1) is 20.2. The van der Waals surface area contributed by atoms with E-state index in [-0.39, 0.29) is 18.1 Å². The normalized spacial score (nSPS) is 19.1. The number of nitriles is 1. The van der Waals surface area contributed by atoms with Crippen LogP contribution in [-0.2, 0) is 22.4 Å². The number of amides is 1. The Morgan fingerprint density at radius 3 is 2.83 bits per heavy atom. The molecule has 1 heterocycles. The molecule has 2 atom stereocenters. The fourth-order valence-electron chi connectivity index (χ4n) is 3.74. The third-order valence-electron chi connectivity index (χ3n) is 5.48. The second-order valence-corrected chi connectivity index (χ2v) is 7.59. The van der Waals surface area contributed by atoms with E-state index in [1.165, 1.54) is 6.07 Å². The van der Waals surface area contributed by atoms with Crippen molar-refractivity contribution in [3.8, 4) is 17.2 Å². The fourth-order valence-corrected chi connectivity index (χ4v) is 3.74. The summed E-state index contributed by atoms with van der Waals surface area (Å²) in [6.07, 6.45) is 0.655. The molecule has 2 aromatic carbocycles. The molecule has 0 unspecified atom stereocenters. The topological polar surface area (TPSA) is 91.2 Å². The lowest BCUT2D eigenvalue weighted by Crippen LogP contribution is -2.46. The lowest BCUT2D eigenvalue weighted by Gasteiger charge is -2.19. The van der Waals surface area contributed by atoms with Crippen LogP contribution >= 0.6 is 0 Å². The first-order chi connectivity index (χ1) is 14.5. The van der Waals surface area contributed by atoms with Crippen molar-refractivity contribution < 1.29 is 18.7 Å². The van der Waals surface area contributed by atoms with Crippen LogP contribution in [0.2, 0.25) is 0 Å². The largest absolute Gasteiger partial charge is 0.367 e. The maximum atomic E-state index is 14.7. The molecular weight excluding hydrogens is 385 g/mol. The van der Waals surface area contributed by atoms with Gasteiger partial charge in [-0.05, 0) is 47.4 Å². The molecule has 0 saturated carbocycles. The number of nitrogens with one attached hydrogen (secondary N) is 2. The van der Waals surface area contributed by atoms with E-state index in [4.69, 9.17) is 4.74 Å². The highest BCUT2D eigenvalue weighted by Gasteiger charge is 2.25. The van der Waals surface area contributed by atoms with Gasteiger partial charge in [0.05, 0.1) is 6.07 Å². The van der Waals surface area contributed by atoms with Gasteiger partial charge in [0.2, 0.25) is 0 Å². The molecule has 0 radical (unpaired) electrons. The molecule has 2 N–H and O–H groups in total. The number of Topliss-reactive ketones (excluding diaryl/α,β-unsaturated/α-hetero) is 1. The predicted octanol–water partition coefficient (Wildman–Crippen LogP) is 2.16. The number of carbonyl (C=O) groups is 2. The highest BCUT2D eigenvalue weighted by molar-refractivity contribution is 6.07. The second-order valence-electron chi connectivity index (χ2n) is 7.59. The van der Waals surface area contributed by atoms with Crippen molar-refractivity contribution in [1.82, 2.24) is 10.6 Å². The molecule has 1 amide bonds. The number of hydrogen-bond donors (Lipinski definition) is 2. The van der Waals surface area contributed by atoms with Crippen molar-refractivity contribution in [2.75, 3.05) is 19.7 Å². The third kappa shape index (κ3) is 4.25. The van der Waals surface area contributed by atoms with E-state index in [0.29, 0.717) is 30.7 Å². The van der Waals surface area contributed by atoms with E-state index < -0.39 is 18.0 Å². The van der Waals surface area contributed by atoms with Crippen LogP contribution in [0, 0.1) is 17.1 Å². The molecule has 1 aliphatic carbocycles. The fraction of sp³-hybridized carbons (Fsp3) is 0.348. The van der Waals surface area contributed by atoms with Crippen LogP contribution in [-0.4, -0.2) is 43.5 Å². The third-order valence-corrected chi connectivity index (χ3v) is 5.48. The minimum atomic E-state index is -0.854. The molecule has 0 spiro atoms. The summed E-state index contributed by atoms with van der Waals surface area (Å²) >= 11 is 0. The van der Waals surface area contributed by atoms with Crippen LogP contribution in [0.4, 0.5) is 4.39 Å². The summed E-state index contributed by atoms with van der Waals surface area (Å²) in [6, 6.07) is 11.5. The summed E-state index contributed by atoms with van der Waals surface area (Å²) in [7, 11) is 0. The van der Waals surface area contributed by atoms with Gasteiger partial charge in [-0.15, -0.1) is 0 Å². The lowest BCUT2D eigenvalue weighted by molar-refractivity contribution is -0.132. The van der Waals surface area contributed by atoms with Crippen LogP contribution < -0.4 is 10.6 Å². The first-order valence-corrected chi connectivity index (χ1v) is 10.0. The molecule has 2 aliphatic rings. The van der Waals surface area contributed by atoms with Crippen molar-refractivity contribution in [3.63, 3.8) is 0 Å². The number of rotatable bonds is 5. The summed E-state index contributed by atoms with van der Waals surface area (Å²) in [5.74, 6) is -0.676. The Bertz CT molecular complexity index is 1020. The van der Waals surface area contributed by atoms with Crippen LogP contribution in [0.25, 0.3) is 11.1 Å². The minimum absolute atomic E-state index is 0.0627. The van der Waals surface area contributed by atoms with Crippen LogP contribution in [0.3, 0.4) is 0 Å². The number of halogens is 1. The summed E-state index contributed by atoms with van der Waals surface area (Å²) in [5.41, 5.74) is 3.61. The van der Waals surface area contributed by atoms with Gasteiger partial charge in [0.1, 0.15) is 18.0 Å². The van der Waals surface area contributed by atoms with Crippen LogP contribution in [0.1, 0.15) is 27.9 Å². The Morgan fingerprint density at radius 1 is 1.30 bits per heavy atom. The van der Waals surface area contributed by atoms with Crippen molar-refractivity contribution in [3.05, 3.63) is 58.9 Å². The number of nitrogens with zero attached hydrogens (tertiary/aromatic N) is 1. The second kappa shape index (κ2) is 8.74. The molecule has 1 saturated heterocycles. The highest BCUT2D eigenvalue weighted by atomic mass is 19.1. The molecule has 2 aromatic rings. The maximum Gasteiger partial charge on any atom is 0.251 e. The lowest BCUT2D eigenvalue weighted by atomic mass is 9.85. The Hall–Kier alpha value is -3.08. The smallest absolute Gasteiger partial charge is 0.251 e. The Balaban J connectivity index is 1.43. The minimum Gasteiger partial charge on any atom is -0.367 e. The average molecular weight is 407 g/mol. The van der Waals surface area contributed by atoms with Gasteiger partial charge in [-0.1, -0.05) is 24.3 Å². The molecule has 4 rings (SSSR count). The van der Waals surface area contributed by atoms with Crippen molar-refractivity contribution in [2.45, 2.75) is 31.4 Å². The van der Waals surface area contributed by atoms with Gasteiger partial charge in [-0.3, -0.25) is 9.59 Å². The monoisotopic (exact) mass is 407 g/mol. The maximum absolute atomic E-state index is 14.7. The standard InChI is InChI=1S/C23H22FN3O3/c24-20-10-15(14-4-5-19-17(8-14)11-21(19)28)2-3-16(20)9-18(12-25)27-23(29)22-13-26-6-1-7-30-22/h2-5,8,10,18,22,26H,1,6-7,9,11,13H2,(H,27,29)/t18-,22-/m0/s1. The van der Waals surface area contributed by atoms with E-state index in [1.54, 1.807) is 18.2 Å². The number of fused-ring (bicyclic) bond motifs is 1. The predicted molar refractivity (Wildman–Crippen MR) is 108 cm³/mol. The van der Waals surface area contributed by atoms with Gasteiger partial charge in [0.25, 0.3) is 5.91 Å². The molecule has 30 heavy (non-hydrogen) atoms. The van der Waals surface area contributed by atoms with E-state index in [9.17, 15) is 19.2 Å². The quantitative estimate of drug-likeness (QED) is 0.793. The van der Waals surface area contributed by atoms with Crippen molar-refractivity contribution >= 4 is 11.7 Å². The number of carbonyl (C=O) groups excluding carboxylic acids is 2. The molecule has 0 bridgehead atoms. The summed E-state index contributed by atoms with van der Waals surface area (Å²) in [5, 5.41) is 15.2. The summed E-state index contributed by atoms with van der Waals surface area (Å²) in [6.45, 7) is 1.65. The van der Waals surface area contributed by atoms with Gasteiger partial charge in [0, 0.05) is 31.6 Å². The zero-order chi connectivity index (χ0) is 21.1. The molecular formula is C23H22FN3O3. The van der Waals surface area contributed by atoms with Gasteiger partial charge >= 0.3 is 0 Å². The Morgan fingerprint density at radius 2 is 2.10 bits per heavy atom. The molecule has 1 aliphatic heterocycles. The van der Waals surface area contributed by atoms with Crippen molar-refractivity contribution in [1.29, 1.82) is 5.26 Å². The number of ether oxygens (including phenoxy) is 1. The molecule has 154 valence electrons. The highest BCUT2D eigenvalue weighted by Crippen LogP contribution is 2.30. The molecule has 1 fully saturated rings. The number of ketones is 1. The van der Waals surface area contributed by atoms with E-state index in [0.717, 1.165) is 29.7 Å². The van der Waals surface area contributed by atoms with Gasteiger partial charge in [-0.2, -0.15) is 5.26 Å². The zero-order valence-corrected chi connectivity index (χ0v) is 16.4.